The Morgan fingerprint density at radius 3 is 2.74 bits per heavy atom. The van der Waals surface area contributed by atoms with Crippen molar-refractivity contribution in [1.29, 1.82) is 0 Å². The number of nitrogens with zero attached hydrogens (tertiary/aromatic N) is 3. The number of para-hydroxylation sites is 2. The molecule has 1 aromatic heterocycles. The number of hydrogen-bond acceptors (Lipinski definition) is 5. The minimum atomic E-state index is -0.628. The highest BCUT2D eigenvalue weighted by atomic mass is 35.5. The van der Waals surface area contributed by atoms with Crippen LogP contribution in [0.3, 0.4) is 0 Å². The average molecular weight is 393 g/mol. The highest BCUT2D eigenvalue weighted by molar-refractivity contribution is 5.85. The molecule has 0 radical (unpaired) electrons. The molecule has 1 aromatic carbocycles. The van der Waals surface area contributed by atoms with Crippen molar-refractivity contribution in [3.05, 3.63) is 42.7 Å². The van der Waals surface area contributed by atoms with Crippen LogP contribution in [0.25, 0.3) is 0 Å². The van der Waals surface area contributed by atoms with Crippen molar-refractivity contribution in [2.24, 2.45) is 0 Å². The van der Waals surface area contributed by atoms with Crippen LogP contribution in [0.2, 0.25) is 0 Å². The molecule has 8 heteroatoms. The van der Waals surface area contributed by atoms with Crippen LogP contribution >= 0.6 is 12.4 Å². The second-order valence-electron chi connectivity index (χ2n) is 6.92. The quantitative estimate of drug-likeness (QED) is 0.857. The number of fused-ring (bicyclic) bond motifs is 1. The maximum Gasteiger partial charge on any atom is 0.250 e. The fourth-order valence-electron chi connectivity index (χ4n) is 3.80. The molecule has 27 heavy (non-hydrogen) atoms. The summed E-state index contributed by atoms with van der Waals surface area (Å²) in [5.74, 6) is 1.56. The van der Waals surface area contributed by atoms with Crippen molar-refractivity contribution in [3.8, 4) is 11.5 Å². The third-order valence-corrected chi connectivity index (χ3v) is 5.16. The topological polar surface area (TPSA) is 68.6 Å². The molecular weight excluding hydrogens is 368 g/mol. The van der Waals surface area contributed by atoms with Gasteiger partial charge in [0.1, 0.15) is 12.1 Å². The zero-order valence-corrected chi connectivity index (χ0v) is 16.2. The van der Waals surface area contributed by atoms with Crippen LogP contribution in [0.15, 0.2) is 42.7 Å². The molecule has 2 aliphatic rings. The average Bonchev–Trinajstić information content (AvgIpc) is 3.23. The molecule has 2 aliphatic heterocycles. The van der Waals surface area contributed by atoms with Gasteiger partial charge in [-0.2, -0.15) is 5.10 Å². The van der Waals surface area contributed by atoms with Gasteiger partial charge in [0.2, 0.25) is 0 Å². The zero-order chi connectivity index (χ0) is 18.0. The summed E-state index contributed by atoms with van der Waals surface area (Å²) in [7, 11) is 1.83. The highest BCUT2D eigenvalue weighted by Crippen LogP contribution is 2.32. The molecule has 1 amide bonds. The number of amides is 1. The lowest BCUT2D eigenvalue weighted by Crippen LogP contribution is -2.56. The Kier molecular flexibility index (Phi) is 5.92. The number of rotatable bonds is 4. The summed E-state index contributed by atoms with van der Waals surface area (Å²) >= 11 is 0. The van der Waals surface area contributed by atoms with Gasteiger partial charge in [-0.25, -0.2) is 0 Å². The molecule has 0 spiro atoms. The van der Waals surface area contributed by atoms with E-state index in [0.717, 1.165) is 37.4 Å². The van der Waals surface area contributed by atoms with Crippen LogP contribution in [0.4, 0.5) is 0 Å². The maximum absolute atomic E-state index is 13.4. The Morgan fingerprint density at radius 1 is 1.30 bits per heavy atom. The number of ether oxygens (including phenoxy) is 2. The Bertz CT molecular complexity index is 762. The second-order valence-corrected chi connectivity index (χ2v) is 6.92. The number of halogens is 1. The van der Waals surface area contributed by atoms with E-state index in [1.165, 1.54) is 0 Å². The summed E-state index contributed by atoms with van der Waals surface area (Å²) in [6, 6.07) is 9.49. The number of piperidine rings is 1. The van der Waals surface area contributed by atoms with Crippen molar-refractivity contribution >= 4 is 18.3 Å². The lowest BCUT2D eigenvalue weighted by Gasteiger charge is -2.40. The number of benzene rings is 1. The highest BCUT2D eigenvalue weighted by Gasteiger charge is 2.44. The Hall–Kier alpha value is -2.25. The standard InChI is InChI=1S/C19H24N4O3.ClH/c1-22(13-15-14-25-16-5-2-3-6-17(16)26-15)18(24)19(7-10-20-11-8-19)23-12-4-9-21-23;/h2-6,9,12,15,20H,7-8,10-11,13-14H2,1H3;1H. The van der Waals surface area contributed by atoms with Crippen LogP contribution in [0.1, 0.15) is 12.8 Å². The van der Waals surface area contributed by atoms with E-state index in [2.05, 4.69) is 10.4 Å². The fourth-order valence-corrected chi connectivity index (χ4v) is 3.80. The first kappa shape index (κ1) is 19.5. The number of aromatic nitrogens is 2. The zero-order valence-electron chi connectivity index (χ0n) is 15.3. The van der Waals surface area contributed by atoms with Gasteiger partial charge in [-0.3, -0.25) is 9.48 Å². The lowest BCUT2D eigenvalue weighted by atomic mass is 9.87. The van der Waals surface area contributed by atoms with Crippen LogP contribution in [-0.4, -0.2) is 60.0 Å². The molecule has 0 saturated carbocycles. The molecule has 1 saturated heterocycles. The summed E-state index contributed by atoms with van der Waals surface area (Å²) in [5, 5.41) is 7.71. The van der Waals surface area contributed by atoms with Crippen LogP contribution in [0, 0.1) is 0 Å². The van der Waals surface area contributed by atoms with Gasteiger partial charge < -0.3 is 19.7 Å². The van der Waals surface area contributed by atoms with Gasteiger partial charge in [0, 0.05) is 19.4 Å². The first-order valence-corrected chi connectivity index (χ1v) is 9.04. The predicted molar refractivity (Wildman–Crippen MR) is 104 cm³/mol. The minimum Gasteiger partial charge on any atom is -0.486 e. The minimum absolute atomic E-state index is 0. The first-order valence-electron chi connectivity index (χ1n) is 9.04. The predicted octanol–water partition coefficient (Wildman–Crippen LogP) is 1.68. The Labute approximate surface area is 165 Å². The van der Waals surface area contributed by atoms with Gasteiger partial charge in [0.15, 0.2) is 17.6 Å². The number of nitrogens with one attached hydrogen (secondary N) is 1. The molecule has 1 atom stereocenters. The van der Waals surface area contributed by atoms with Gasteiger partial charge in [-0.05, 0) is 44.1 Å². The number of carbonyl (C=O) groups is 1. The van der Waals surface area contributed by atoms with Crippen molar-refractivity contribution < 1.29 is 14.3 Å². The Balaban J connectivity index is 0.00000210. The van der Waals surface area contributed by atoms with Crippen molar-refractivity contribution in [1.82, 2.24) is 20.0 Å². The van der Waals surface area contributed by atoms with Crippen LogP contribution < -0.4 is 14.8 Å². The first-order chi connectivity index (χ1) is 12.7. The number of hydrogen-bond donors (Lipinski definition) is 1. The number of likely N-dealkylation sites (N-methyl/N-ethyl adjacent to an activating group) is 1. The third-order valence-electron chi connectivity index (χ3n) is 5.16. The molecule has 0 bridgehead atoms. The van der Waals surface area contributed by atoms with E-state index in [9.17, 15) is 4.79 Å². The van der Waals surface area contributed by atoms with Gasteiger partial charge in [-0.15, -0.1) is 12.4 Å². The maximum atomic E-state index is 13.4. The largest absolute Gasteiger partial charge is 0.486 e. The molecule has 4 rings (SSSR count). The van der Waals surface area contributed by atoms with Crippen molar-refractivity contribution in [2.75, 3.05) is 33.3 Å². The molecule has 1 N–H and O–H groups in total. The lowest BCUT2D eigenvalue weighted by molar-refractivity contribution is -0.143. The van der Waals surface area contributed by atoms with Crippen LogP contribution in [-0.2, 0) is 10.3 Å². The summed E-state index contributed by atoms with van der Waals surface area (Å²) in [6.45, 7) is 2.51. The molecule has 0 aliphatic carbocycles. The summed E-state index contributed by atoms with van der Waals surface area (Å²) in [6.07, 6.45) is 4.88. The molecule has 3 heterocycles. The fraction of sp³-hybridized carbons (Fsp3) is 0.474. The van der Waals surface area contributed by atoms with E-state index in [1.807, 2.05) is 48.3 Å². The second kappa shape index (κ2) is 8.19. The SMILES string of the molecule is CN(CC1COc2ccccc2O1)C(=O)C1(n2cccn2)CCNCC1.Cl. The molecular formula is C19H25ClN4O3. The van der Waals surface area contributed by atoms with E-state index in [1.54, 1.807) is 11.1 Å². The molecule has 1 fully saturated rings. The molecule has 7 nitrogen and oxygen atoms in total. The van der Waals surface area contributed by atoms with E-state index in [4.69, 9.17) is 9.47 Å². The van der Waals surface area contributed by atoms with E-state index in [0.29, 0.717) is 13.2 Å². The van der Waals surface area contributed by atoms with Crippen LogP contribution in [0.5, 0.6) is 11.5 Å². The van der Waals surface area contributed by atoms with E-state index >= 15 is 0 Å². The monoisotopic (exact) mass is 392 g/mol. The van der Waals surface area contributed by atoms with Gasteiger partial charge >= 0.3 is 0 Å². The molecule has 2 aromatic rings. The summed E-state index contributed by atoms with van der Waals surface area (Å²) in [4.78, 5) is 15.1. The summed E-state index contributed by atoms with van der Waals surface area (Å²) < 4.78 is 13.6. The number of carbonyl (C=O) groups excluding carboxylic acids is 1. The molecule has 146 valence electrons. The van der Waals surface area contributed by atoms with E-state index in [-0.39, 0.29) is 24.4 Å². The summed E-state index contributed by atoms with van der Waals surface area (Å²) in [5.41, 5.74) is -0.628. The molecule has 1 unspecified atom stereocenters. The van der Waals surface area contributed by atoms with E-state index < -0.39 is 5.54 Å². The smallest absolute Gasteiger partial charge is 0.250 e. The third kappa shape index (κ3) is 3.75. The van der Waals surface area contributed by atoms with Crippen molar-refractivity contribution in [3.63, 3.8) is 0 Å². The van der Waals surface area contributed by atoms with Crippen molar-refractivity contribution in [2.45, 2.75) is 24.5 Å². The van der Waals surface area contributed by atoms with Gasteiger partial charge in [-0.1, -0.05) is 12.1 Å². The normalized spacial score (nSPS) is 20.4. The van der Waals surface area contributed by atoms with Gasteiger partial charge in [0.25, 0.3) is 5.91 Å². The Morgan fingerprint density at radius 2 is 2.04 bits per heavy atom. The van der Waals surface area contributed by atoms with Gasteiger partial charge in [0.05, 0.1) is 6.54 Å².